The first-order valence-electron chi connectivity index (χ1n) is 6.27. The van der Waals surface area contributed by atoms with E-state index in [1.807, 2.05) is 23.1 Å². The van der Waals surface area contributed by atoms with Gasteiger partial charge in [-0.1, -0.05) is 59.9 Å². The zero-order valence-corrected chi connectivity index (χ0v) is 13.5. The number of hydrogen-bond donors (Lipinski definition) is 1. The maximum Gasteiger partial charge on any atom is 0.234 e. The fraction of sp³-hybridized carbons (Fsp3) is 0.571. The van der Waals surface area contributed by atoms with Gasteiger partial charge in [0.15, 0.2) is 6.23 Å². The second kappa shape index (κ2) is 5.00. The molecular weight excluding hydrogens is 305 g/mol. The van der Waals surface area contributed by atoms with E-state index in [-0.39, 0.29) is 5.54 Å². The molecule has 2 rings (SSSR count). The van der Waals surface area contributed by atoms with Gasteiger partial charge in [-0.15, -0.1) is 0 Å². The number of halogens is 3. The Labute approximate surface area is 129 Å². The Morgan fingerprint density at radius 1 is 1.32 bits per heavy atom. The Morgan fingerprint density at radius 2 is 1.89 bits per heavy atom. The van der Waals surface area contributed by atoms with Crippen molar-refractivity contribution in [3.8, 4) is 0 Å². The van der Waals surface area contributed by atoms with Gasteiger partial charge < -0.3 is 10.0 Å². The molecule has 1 aromatic carbocycles. The molecule has 0 aromatic heterocycles. The van der Waals surface area contributed by atoms with Crippen LogP contribution in [0.15, 0.2) is 24.3 Å². The van der Waals surface area contributed by atoms with Gasteiger partial charge in [-0.25, -0.2) is 0 Å². The van der Waals surface area contributed by atoms with Gasteiger partial charge in [-0.2, -0.15) is 0 Å². The molecule has 19 heavy (non-hydrogen) atoms. The summed E-state index contributed by atoms with van der Waals surface area (Å²) in [6.07, 6.45) is -0.289. The van der Waals surface area contributed by atoms with Crippen molar-refractivity contribution in [3.63, 3.8) is 0 Å². The Hall–Kier alpha value is -0.150. The lowest BCUT2D eigenvalue weighted by atomic mass is 9.80. The second-order valence-corrected chi connectivity index (χ2v) is 8.13. The molecule has 0 radical (unpaired) electrons. The number of hydrogen-bond acceptors (Lipinski definition) is 2. The first-order valence-corrected chi connectivity index (χ1v) is 7.41. The summed E-state index contributed by atoms with van der Waals surface area (Å²) < 4.78 is -1.75. The van der Waals surface area contributed by atoms with Crippen molar-refractivity contribution in [2.75, 3.05) is 4.90 Å². The number of nitrogens with zero attached hydrogens (tertiary/aromatic N) is 1. The second-order valence-electron chi connectivity index (χ2n) is 5.76. The van der Waals surface area contributed by atoms with Gasteiger partial charge in [0.25, 0.3) is 0 Å². The molecule has 0 unspecified atom stereocenters. The van der Waals surface area contributed by atoms with E-state index in [9.17, 15) is 5.11 Å². The van der Waals surface area contributed by atoms with Crippen molar-refractivity contribution in [2.45, 2.75) is 48.7 Å². The van der Waals surface area contributed by atoms with Gasteiger partial charge in [0.05, 0.1) is 0 Å². The molecule has 2 atom stereocenters. The predicted molar refractivity (Wildman–Crippen MR) is 82.3 cm³/mol. The lowest BCUT2D eigenvalue weighted by molar-refractivity contribution is 0.136. The molecule has 106 valence electrons. The minimum atomic E-state index is -1.75. The lowest BCUT2D eigenvalue weighted by Crippen LogP contribution is -2.57. The number of alkyl halides is 3. The van der Waals surface area contributed by atoms with Crippen molar-refractivity contribution < 1.29 is 5.11 Å². The summed E-state index contributed by atoms with van der Waals surface area (Å²) in [5.74, 6) is 0.407. The van der Waals surface area contributed by atoms with E-state index >= 15 is 0 Å². The zero-order chi connectivity index (χ0) is 14.4. The molecule has 2 nitrogen and oxygen atoms in total. The number of anilines is 1. The van der Waals surface area contributed by atoms with Crippen LogP contribution in [0, 0.1) is 0 Å². The van der Waals surface area contributed by atoms with E-state index in [2.05, 4.69) is 26.8 Å². The SMILES string of the molecule is C[C@@H]1CC(C)(C)N([C@@H](O)C(Cl)(Cl)Cl)c2ccccc21. The summed E-state index contributed by atoms with van der Waals surface area (Å²) in [6, 6.07) is 7.96. The van der Waals surface area contributed by atoms with E-state index in [0.29, 0.717) is 5.92 Å². The van der Waals surface area contributed by atoms with Crippen LogP contribution in [0.5, 0.6) is 0 Å². The maximum atomic E-state index is 10.4. The Bertz CT molecular complexity index is 470. The summed E-state index contributed by atoms with van der Waals surface area (Å²) in [4.78, 5) is 1.81. The lowest BCUT2D eigenvalue weighted by Gasteiger charge is -2.50. The minimum Gasteiger partial charge on any atom is -0.369 e. The molecular formula is C14H18Cl3NO. The number of rotatable bonds is 1. The van der Waals surface area contributed by atoms with Crippen molar-refractivity contribution >= 4 is 40.5 Å². The van der Waals surface area contributed by atoms with E-state index in [1.165, 1.54) is 5.56 Å². The van der Waals surface area contributed by atoms with Crippen LogP contribution in [0.25, 0.3) is 0 Å². The number of fused-ring (bicyclic) bond motifs is 1. The molecule has 1 aliphatic heterocycles. The van der Waals surface area contributed by atoms with Crippen molar-refractivity contribution in [3.05, 3.63) is 29.8 Å². The molecule has 1 N–H and O–H groups in total. The Kier molecular flexibility index (Phi) is 4.01. The maximum absolute atomic E-state index is 10.4. The molecule has 1 heterocycles. The van der Waals surface area contributed by atoms with Gasteiger partial charge in [0, 0.05) is 11.2 Å². The molecule has 0 fully saturated rings. The average Bonchev–Trinajstić information content (AvgIpc) is 2.26. The number of para-hydroxylation sites is 1. The van der Waals surface area contributed by atoms with E-state index in [1.54, 1.807) is 0 Å². The highest BCUT2D eigenvalue weighted by Gasteiger charge is 2.46. The smallest absolute Gasteiger partial charge is 0.234 e. The van der Waals surface area contributed by atoms with Crippen LogP contribution >= 0.6 is 34.8 Å². The van der Waals surface area contributed by atoms with Crippen molar-refractivity contribution in [1.82, 2.24) is 0 Å². The molecule has 0 saturated carbocycles. The highest BCUT2D eigenvalue weighted by atomic mass is 35.6. The molecule has 0 aliphatic carbocycles. The summed E-state index contributed by atoms with van der Waals surface area (Å²) in [5.41, 5.74) is 1.83. The van der Waals surface area contributed by atoms with Gasteiger partial charge in [-0.05, 0) is 37.8 Å². The summed E-state index contributed by atoms with van der Waals surface area (Å²) in [7, 11) is 0. The topological polar surface area (TPSA) is 23.5 Å². The number of aliphatic hydroxyl groups excluding tert-OH is 1. The van der Waals surface area contributed by atoms with Crippen LogP contribution < -0.4 is 4.90 Å². The average molecular weight is 323 g/mol. The van der Waals surface area contributed by atoms with Crippen LogP contribution in [0.3, 0.4) is 0 Å². The van der Waals surface area contributed by atoms with E-state index in [4.69, 9.17) is 34.8 Å². The quantitative estimate of drug-likeness (QED) is 0.771. The Balaban J connectivity index is 2.54. The molecule has 0 saturated heterocycles. The summed E-state index contributed by atoms with van der Waals surface area (Å²) in [5, 5.41) is 10.4. The first-order chi connectivity index (χ1) is 8.64. The van der Waals surface area contributed by atoms with E-state index in [0.717, 1.165) is 12.1 Å². The van der Waals surface area contributed by atoms with Crippen LogP contribution in [0.1, 0.15) is 38.7 Å². The molecule has 5 heteroatoms. The first kappa shape index (κ1) is 15.2. The summed E-state index contributed by atoms with van der Waals surface area (Å²) in [6.45, 7) is 6.29. The standard InChI is InChI=1S/C14H18Cl3NO/c1-9-8-13(2,3)18(12(19)14(15,16)17)11-7-5-4-6-10(9)11/h4-7,9,12,19H,8H2,1-3H3/t9-,12+/m1/s1. The number of aliphatic hydroxyl groups is 1. The molecule has 1 aromatic rings. The van der Waals surface area contributed by atoms with Gasteiger partial charge in [-0.3, -0.25) is 0 Å². The van der Waals surface area contributed by atoms with Crippen LogP contribution in [-0.4, -0.2) is 20.7 Å². The summed E-state index contributed by atoms with van der Waals surface area (Å²) >= 11 is 17.7. The Morgan fingerprint density at radius 3 is 2.47 bits per heavy atom. The molecule has 0 bridgehead atoms. The van der Waals surface area contributed by atoms with Gasteiger partial charge >= 0.3 is 0 Å². The molecule has 0 amide bonds. The highest BCUT2D eigenvalue weighted by molar-refractivity contribution is 6.68. The predicted octanol–water partition coefficient (Wildman–Crippen LogP) is 4.47. The van der Waals surface area contributed by atoms with Crippen LogP contribution in [-0.2, 0) is 0 Å². The van der Waals surface area contributed by atoms with Crippen molar-refractivity contribution in [1.29, 1.82) is 0 Å². The third-order valence-electron chi connectivity index (χ3n) is 3.72. The third-order valence-corrected chi connectivity index (χ3v) is 4.31. The van der Waals surface area contributed by atoms with Crippen LogP contribution in [0.2, 0.25) is 0 Å². The van der Waals surface area contributed by atoms with Gasteiger partial charge in [0.2, 0.25) is 3.79 Å². The minimum absolute atomic E-state index is 0.281. The largest absolute Gasteiger partial charge is 0.369 e. The van der Waals surface area contributed by atoms with Gasteiger partial charge in [0.1, 0.15) is 0 Å². The highest BCUT2D eigenvalue weighted by Crippen LogP contribution is 2.47. The molecule has 0 spiro atoms. The fourth-order valence-corrected chi connectivity index (χ4v) is 3.31. The van der Waals surface area contributed by atoms with E-state index < -0.39 is 10.0 Å². The molecule has 1 aliphatic rings. The normalized spacial score (nSPS) is 23.9. The monoisotopic (exact) mass is 321 g/mol. The number of benzene rings is 1. The van der Waals surface area contributed by atoms with Crippen LogP contribution in [0.4, 0.5) is 5.69 Å². The van der Waals surface area contributed by atoms with Crippen molar-refractivity contribution in [2.24, 2.45) is 0 Å². The third kappa shape index (κ3) is 2.82. The zero-order valence-electron chi connectivity index (χ0n) is 11.2. The fourth-order valence-electron chi connectivity index (χ4n) is 3.02.